The number of nitrogens with one attached hydrogen (secondary N) is 1. The second-order valence-electron chi connectivity index (χ2n) is 8.12. The van der Waals surface area contributed by atoms with Gasteiger partial charge in [-0.2, -0.15) is 0 Å². The minimum Gasteiger partial charge on any atom is -0.459 e. The van der Waals surface area contributed by atoms with Crippen LogP contribution in [0.3, 0.4) is 0 Å². The molecule has 0 saturated heterocycles. The third-order valence-electron chi connectivity index (χ3n) is 4.98. The first-order chi connectivity index (χ1) is 13.8. The normalized spacial score (nSPS) is 13.8. The minimum absolute atomic E-state index is 0.0191. The van der Waals surface area contributed by atoms with Crippen LogP contribution in [0.2, 0.25) is 0 Å². The Morgan fingerprint density at radius 3 is 2.59 bits per heavy atom. The highest BCUT2D eigenvalue weighted by molar-refractivity contribution is 7.15. The molecule has 3 aromatic rings. The molecule has 2 amide bonds. The fourth-order valence-electron chi connectivity index (χ4n) is 3.28. The quantitative estimate of drug-likeness (QED) is 0.692. The van der Waals surface area contributed by atoms with Gasteiger partial charge in [0.25, 0.3) is 11.8 Å². The molecule has 0 fully saturated rings. The van der Waals surface area contributed by atoms with Crippen molar-refractivity contribution in [1.82, 2.24) is 9.88 Å². The Hall–Kier alpha value is -2.93. The summed E-state index contributed by atoms with van der Waals surface area (Å²) in [6, 6.07) is 11.1. The molecule has 0 atom stereocenters. The predicted molar refractivity (Wildman–Crippen MR) is 112 cm³/mol. The molecule has 0 bridgehead atoms. The standard InChI is InChI=1S/C22H23N3O3S/c1-22(2,3)15-8-6-14(7-9-15)20(27)25-11-10-16-18(13-25)29-21(23-16)24-19(26)17-5-4-12-28-17/h4-9,12H,10-11,13H2,1-3H3,(H,23,24,26). The highest BCUT2D eigenvalue weighted by Crippen LogP contribution is 2.30. The van der Waals surface area contributed by atoms with Crippen LogP contribution in [-0.2, 0) is 18.4 Å². The van der Waals surface area contributed by atoms with Crippen molar-refractivity contribution in [3.63, 3.8) is 0 Å². The van der Waals surface area contributed by atoms with Crippen LogP contribution in [0, 0.1) is 0 Å². The molecular formula is C22H23N3O3S. The van der Waals surface area contributed by atoms with Crippen molar-refractivity contribution in [2.45, 2.75) is 39.2 Å². The van der Waals surface area contributed by atoms with Crippen molar-refractivity contribution in [2.75, 3.05) is 11.9 Å². The summed E-state index contributed by atoms with van der Waals surface area (Å²) < 4.78 is 5.11. The van der Waals surface area contributed by atoms with Crippen LogP contribution in [0.25, 0.3) is 0 Å². The van der Waals surface area contributed by atoms with Crippen LogP contribution in [0.4, 0.5) is 5.13 Å². The Morgan fingerprint density at radius 1 is 1.17 bits per heavy atom. The summed E-state index contributed by atoms with van der Waals surface area (Å²) in [6.07, 6.45) is 2.13. The monoisotopic (exact) mass is 409 g/mol. The van der Waals surface area contributed by atoms with Gasteiger partial charge in [0.1, 0.15) is 0 Å². The summed E-state index contributed by atoms with van der Waals surface area (Å²) in [6.45, 7) is 7.58. The van der Waals surface area contributed by atoms with Crippen LogP contribution in [0.5, 0.6) is 0 Å². The molecule has 0 spiro atoms. The SMILES string of the molecule is CC(C)(C)c1ccc(C(=O)N2CCc3nc(NC(=O)c4ccco4)sc3C2)cc1. The van der Waals surface area contributed by atoms with Crippen molar-refractivity contribution >= 4 is 28.3 Å². The lowest BCUT2D eigenvalue weighted by molar-refractivity contribution is 0.0736. The minimum atomic E-state index is -0.326. The molecule has 1 aromatic carbocycles. The molecule has 150 valence electrons. The molecule has 0 aliphatic carbocycles. The zero-order chi connectivity index (χ0) is 20.6. The number of anilines is 1. The second kappa shape index (κ2) is 7.48. The van der Waals surface area contributed by atoms with Gasteiger partial charge < -0.3 is 9.32 Å². The van der Waals surface area contributed by atoms with E-state index in [1.54, 1.807) is 12.1 Å². The number of nitrogens with zero attached hydrogens (tertiary/aromatic N) is 2. The molecule has 6 nitrogen and oxygen atoms in total. The van der Waals surface area contributed by atoms with Crippen LogP contribution < -0.4 is 5.32 Å². The Bertz CT molecular complexity index is 1030. The van der Waals surface area contributed by atoms with E-state index in [1.807, 2.05) is 29.2 Å². The molecule has 0 saturated carbocycles. The topological polar surface area (TPSA) is 75.4 Å². The maximum atomic E-state index is 12.9. The van der Waals surface area contributed by atoms with Gasteiger partial charge in [-0.1, -0.05) is 44.2 Å². The Balaban J connectivity index is 1.45. The van der Waals surface area contributed by atoms with Gasteiger partial charge in [0.05, 0.1) is 18.5 Å². The molecule has 0 unspecified atom stereocenters. The van der Waals surface area contributed by atoms with Gasteiger partial charge in [-0.05, 0) is 35.2 Å². The van der Waals surface area contributed by atoms with Gasteiger partial charge in [-0.15, -0.1) is 0 Å². The highest BCUT2D eigenvalue weighted by atomic mass is 32.1. The maximum absolute atomic E-state index is 12.9. The zero-order valence-electron chi connectivity index (χ0n) is 16.7. The summed E-state index contributed by atoms with van der Waals surface area (Å²) in [4.78, 5) is 32.4. The molecule has 7 heteroatoms. The number of furan rings is 1. The largest absolute Gasteiger partial charge is 0.459 e. The first-order valence-electron chi connectivity index (χ1n) is 9.54. The molecule has 4 rings (SSSR count). The summed E-state index contributed by atoms with van der Waals surface area (Å²) >= 11 is 1.40. The number of carbonyl (C=O) groups excluding carboxylic acids is 2. The number of benzene rings is 1. The number of rotatable bonds is 3. The molecule has 0 radical (unpaired) electrons. The van der Waals surface area contributed by atoms with E-state index >= 15 is 0 Å². The zero-order valence-corrected chi connectivity index (χ0v) is 17.5. The van der Waals surface area contributed by atoms with Crippen LogP contribution in [-0.4, -0.2) is 28.2 Å². The van der Waals surface area contributed by atoms with Gasteiger partial charge >= 0.3 is 0 Å². The number of aromatic nitrogens is 1. The average Bonchev–Trinajstić information content (AvgIpc) is 3.35. The van der Waals surface area contributed by atoms with Gasteiger partial charge in [0, 0.05) is 23.4 Å². The Labute approximate surface area is 173 Å². The average molecular weight is 410 g/mol. The third kappa shape index (κ3) is 4.10. The van der Waals surface area contributed by atoms with E-state index in [2.05, 4.69) is 31.1 Å². The van der Waals surface area contributed by atoms with Gasteiger partial charge in [-0.3, -0.25) is 14.9 Å². The van der Waals surface area contributed by atoms with E-state index in [0.717, 1.165) is 10.6 Å². The molecule has 3 heterocycles. The van der Waals surface area contributed by atoms with Gasteiger partial charge in [0.2, 0.25) is 0 Å². The van der Waals surface area contributed by atoms with Crippen LogP contribution in [0.15, 0.2) is 47.1 Å². The van der Waals surface area contributed by atoms with Crippen molar-refractivity contribution in [1.29, 1.82) is 0 Å². The van der Waals surface area contributed by atoms with Gasteiger partial charge in [-0.25, -0.2) is 4.98 Å². The number of fused-ring (bicyclic) bond motifs is 1. The number of carbonyl (C=O) groups is 2. The molecule has 29 heavy (non-hydrogen) atoms. The highest BCUT2D eigenvalue weighted by Gasteiger charge is 2.26. The Kier molecular flexibility index (Phi) is 5.00. The van der Waals surface area contributed by atoms with E-state index in [0.29, 0.717) is 30.2 Å². The predicted octanol–water partition coefficient (Wildman–Crippen LogP) is 4.48. The van der Waals surface area contributed by atoms with E-state index in [4.69, 9.17) is 4.42 Å². The third-order valence-corrected chi connectivity index (χ3v) is 5.98. The summed E-state index contributed by atoms with van der Waals surface area (Å²) in [5.74, 6) is -0.0627. The molecule has 1 aliphatic rings. The van der Waals surface area contributed by atoms with E-state index in [1.165, 1.54) is 23.2 Å². The first kappa shape index (κ1) is 19.4. The van der Waals surface area contributed by atoms with E-state index < -0.39 is 0 Å². The summed E-state index contributed by atoms with van der Waals surface area (Å²) in [5, 5.41) is 3.30. The van der Waals surface area contributed by atoms with Crippen molar-refractivity contribution in [3.8, 4) is 0 Å². The van der Waals surface area contributed by atoms with E-state index in [9.17, 15) is 9.59 Å². The summed E-state index contributed by atoms with van der Waals surface area (Å²) in [7, 11) is 0. The van der Waals surface area contributed by atoms with E-state index in [-0.39, 0.29) is 23.0 Å². The number of hydrogen-bond acceptors (Lipinski definition) is 5. The maximum Gasteiger partial charge on any atom is 0.293 e. The Morgan fingerprint density at radius 2 is 1.93 bits per heavy atom. The number of thiazole rings is 1. The fourth-order valence-corrected chi connectivity index (χ4v) is 4.30. The van der Waals surface area contributed by atoms with Crippen LogP contribution in [0.1, 0.15) is 57.8 Å². The van der Waals surface area contributed by atoms with Crippen LogP contribution >= 0.6 is 11.3 Å². The van der Waals surface area contributed by atoms with Crippen molar-refractivity contribution < 1.29 is 14.0 Å². The molecule has 1 N–H and O–H groups in total. The number of amides is 2. The molecule has 2 aromatic heterocycles. The molecular weight excluding hydrogens is 386 g/mol. The van der Waals surface area contributed by atoms with Crippen molar-refractivity contribution in [2.24, 2.45) is 0 Å². The fraction of sp³-hybridized carbons (Fsp3) is 0.318. The first-order valence-corrected chi connectivity index (χ1v) is 10.4. The number of hydrogen-bond donors (Lipinski definition) is 1. The lowest BCUT2D eigenvalue weighted by atomic mass is 9.86. The smallest absolute Gasteiger partial charge is 0.293 e. The molecule has 1 aliphatic heterocycles. The summed E-state index contributed by atoms with van der Waals surface area (Å²) in [5.41, 5.74) is 2.89. The lowest BCUT2D eigenvalue weighted by Crippen LogP contribution is -2.35. The lowest BCUT2D eigenvalue weighted by Gasteiger charge is -2.26. The van der Waals surface area contributed by atoms with Crippen molar-refractivity contribution in [3.05, 3.63) is 70.1 Å². The second-order valence-corrected chi connectivity index (χ2v) is 9.21. The van der Waals surface area contributed by atoms with Gasteiger partial charge in [0.15, 0.2) is 10.9 Å².